The summed E-state index contributed by atoms with van der Waals surface area (Å²) in [5, 5.41) is 39.8. The Labute approximate surface area is 118 Å². The number of nitro groups is 1. The van der Waals surface area contributed by atoms with E-state index >= 15 is 0 Å². The van der Waals surface area contributed by atoms with Gasteiger partial charge in [-0.3, -0.25) is 14.9 Å². The van der Waals surface area contributed by atoms with Crippen molar-refractivity contribution >= 4 is 23.2 Å². The van der Waals surface area contributed by atoms with Gasteiger partial charge in [0.1, 0.15) is 11.1 Å². The second-order valence-electron chi connectivity index (χ2n) is 3.96. The van der Waals surface area contributed by atoms with Crippen LogP contribution in [0.15, 0.2) is 12.3 Å². The number of hydrogen-bond acceptors (Lipinski definition) is 7. The molecule has 0 bridgehead atoms. The molecule has 0 unspecified atom stereocenters. The topological polar surface area (TPSA) is 146 Å². The Morgan fingerprint density at radius 2 is 1.95 bits per heavy atom. The first-order chi connectivity index (χ1) is 9.40. The molecule has 0 saturated heterocycles. The van der Waals surface area contributed by atoms with Crippen molar-refractivity contribution in [3.05, 3.63) is 33.1 Å². The summed E-state index contributed by atoms with van der Waals surface area (Å²) >= 11 is 5.56. The quantitative estimate of drug-likeness (QED) is 0.302. The maximum absolute atomic E-state index is 12.0. The summed E-state index contributed by atoms with van der Waals surface area (Å²) in [6.45, 7) is -2.25. The van der Waals surface area contributed by atoms with Gasteiger partial charge in [-0.1, -0.05) is 11.6 Å². The molecule has 4 N–H and O–H groups in total. The van der Waals surface area contributed by atoms with Gasteiger partial charge in [0.2, 0.25) is 5.15 Å². The van der Waals surface area contributed by atoms with Gasteiger partial charge in [0.05, 0.1) is 24.7 Å². The summed E-state index contributed by atoms with van der Waals surface area (Å²) in [6, 6.07) is 1.07. The Balaban J connectivity index is 3.16. The highest BCUT2D eigenvalue weighted by Crippen LogP contribution is 2.26. The minimum Gasteiger partial charge on any atom is -0.394 e. The fourth-order valence-electron chi connectivity index (χ4n) is 1.36. The van der Waals surface area contributed by atoms with E-state index in [-0.39, 0.29) is 0 Å². The SMILES string of the molecule is O=C(NC(CO)(CO)CO)c1ccnc(Cl)c1[N+](=O)[O-]. The molecule has 1 rings (SSSR count). The van der Waals surface area contributed by atoms with Crippen molar-refractivity contribution in [3.63, 3.8) is 0 Å². The molecule has 0 fully saturated rings. The van der Waals surface area contributed by atoms with Crippen molar-refractivity contribution in [3.8, 4) is 0 Å². The Hall–Kier alpha value is -1.81. The van der Waals surface area contributed by atoms with E-state index in [0.717, 1.165) is 12.3 Å². The third-order valence-corrected chi connectivity index (χ3v) is 2.87. The number of carbonyl (C=O) groups excluding carboxylic acids is 1. The molecule has 0 aliphatic rings. The molecule has 10 heteroatoms. The predicted molar refractivity (Wildman–Crippen MR) is 67.4 cm³/mol. The van der Waals surface area contributed by atoms with Crippen LogP contribution in [0.25, 0.3) is 0 Å². The largest absolute Gasteiger partial charge is 0.394 e. The highest BCUT2D eigenvalue weighted by molar-refractivity contribution is 6.32. The zero-order valence-corrected chi connectivity index (χ0v) is 10.9. The van der Waals surface area contributed by atoms with Crippen molar-refractivity contribution in [2.45, 2.75) is 5.54 Å². The first kappa shape index (κ1) is 16.2. The lowest BCUT2D eigenvalue weighted by atomic mass is 10.0. The van der Waals surface area contributed by atoms with E-state index in [0.29, 0.717) is 0 Å². The number of aromatic nitrogens is 1. The van der Waals surface area contributed by atoms with Gasteiger partial charge in [-0.15, -0.1) is 0 Å². The standard InChI is InChI=1S/C10H12ClN3O6/c11-8-7(14(19)20)6(1-2-12-8)9(18)13-10(3-15,4-16)5-17/h1-2,15-17H,3-5H2,(H,13,18). The van der Waals surface area contributed by atoms with Crippen molar-refractivity contribution < 1.29 is 25.0 Å². The number of halogens is 1. The van der Waals surface area contributed by atoms with Gasteiger partial charge in [0.25, 0.3) is 5.91 Å². The molecule has 1 aromatic heterocycles. The molecule has 0 saturated carbocycles. The van der Waals surface area contributed by atoms with E-state index in [1.165, 1.54) is 0 Å². The molecule has 0 radical (unpaired) electrons. The minimum atomic E-state index is -1.69. The van der Waals surface area contributed by atoms with Crippen molar-refractivity contribution in [1.29, 1.82) is 0 Å². The monoisotopic (exact) mass is 305 g/mol. The Morgan fingerprint density at radius 3 is 2.40 bits per heavy atom. The molecule has 0 spiro atoms. The molecule has 0 aliphatic heterocycles. The lowest BCUT2D eigenvalue weighted by Gasteiger charge is -2.28. The van der Waals surface area contributed by atoms with Gasteiger partial charge < -0.3 is 20.6 Å². The van der Waals surface area contributed by atoms with Crippen LogP contribution in [0.2, 0.25) is 5.15 Å². The number of aliphatic hydroxyl groups is 3. The van der Waals surface area contributed by atoms with Crippen LogP contribution in [0.1, 0.15) is 10.4 Å². The van der Waals surface area contributed by atoms with Crippen molar-refractivity contribution in [1.82, 2.24) is 10.3 Å². The number of rotatable bonds is 6. The highest BCUT2D eigenvalue weighted by Gasteiger charge is 2.33. The van der Waals surface area contributed by atoms with Gasteiger partial charge in [0.15, 0.2) is 0 Å². The minimum absolute atomic E-state index is 0.394. The summed E-state index contributed by atoms with van der Waals surface area (Å²) < 4.78 is 0. The zero-order chi connectivity index (χ0) is 15.3. The van der Waals surface area contributed by atoms with E-state index in [9.17, 15) is 14.9 Å². The fraction of sp³-hybridized carbons (Fsp3) is 0.400. The molecule has 9 nitrogen and oxygen atoms in total. The fourth-order valence-corrected chi connectivity index (χ4v) is 1.59. The lowest BCUT2D eigenvalue weighted by molar-refractivity contribution is -0.385. The number of amides is 1. The smallest absolute Gasteiger partial charge is 0.319 e. The number of pyridine rings is 1. The normalized spacial score (nSPS) is 11.2. The number of carbonyl (C=O) groups is 1. The third-order valence-electron chi connectivity index (χ3n) is 2.59. The first-order valence-electron chi connectivity index (χ1n) is 5.35. The Bertz CT molecular complexity index is 511. The van der Waals surface area contributed by atoms with Crippen LogP contribution in [0.5, 0.6) is 0 Å². The van der Waals surface area contributed by atoms with Crippen LogP contribution in [0, 0.1) is 10.1 Å². The maximum Gasteiger partial charge on any atom is 0.319 e. The molecule has 110 valence electrons. The molecule has 1 heterocycles. The number of hydrogen-bond donors (Lipinski definition) is 4. The molecule has 0 aromatic carbocycles. The van der Waals surface area contributed by atoms with Gasteiger partial charge in [-0.05, 0) is 6.07 Å². The molecule has 1 aromatic rings. The van der Waals surface area contributed by atoms with E-state index < -0.39 is 52.6 Å². The van der Waals surface area contributed by atoms with E-state index in [2.05, 4.69) is 10.3 Å². The number of aliphatic hydroxyl groups excluding tert-OH is 3. The van der Waals surface area contributed by atoms with Gasteiger partial charge in [-0.25, -0.2) is 4.98 Å². The van der Waals surface area contributed by atoms with E-state index in [1.807, 2.05) is 0 Å². The van der Waals surface area contributed by atoms with Crippen molar-refractivity contribution in [2.24, 2.45) is 0 Å². The van der Waals surface area contributed by atoms with Crippen LogP contribution in [0.3, 0.4) is 0 Å². The van der Waals surface area contributed by atoms with E-state index in [1.54, 1.807) is 0 Å². The van der Waals surface area contributed by atoms with E-state index in [4.69, 9.17) is 26.9 Å². The predicted octanol–water partition coefficient (Wildman–Crippen LogP) is -0.911. The molecular formula is C10H12ClN3O6. The summed E-state index contributed by atoms with van der Waals surface area (Å²) in [5.74, 6) is -0.974. The maximum atomic E-state index is 12.0. The van der Waals surface area contributed by atoms with Crippen LogP contribution < -0.4 is 5.32 Å². The number of nitrogens with one attached hydrogen (secondary N) is 1. The number of nitrogens with zero attached hydrogens (tertiary/aromatic N) is 2. The van der Waals surface area contributed by atoms with Crippen LogP contribution in [-0.4, -0.2) is 56.5 Å². The average molecular weight is 306 g/mol. The second kappa shape index (κ2) is 6.57. The van der Waals surface area contributed by atoms with Crippen LogP contribution in [0.4, 0.5) is 5.69 Å². The van der Waals surface area contributed by atoms with Crippen LogP contribution in [-0.2, 0) is 0 Å². The lowest BCUT2D eigenvalue weighted by Crippen LogP contribution is -2.57. The first-order valence-corrected chi connectivity index (χ1v) is 5.72. The van der Waals surface area contributed by atoms with Gasteiger partial charge >= 0.3 is 5.69 Å². The summed E-state index contributed by atoms with van der Waals surface area (Å²) in [6.07, 6.45) is 1.10. The Kier molecular flexibility index (Phi) is 5.34. The third kappa shape index (κ3) is 3.20. The van der Waals surface area contributed by atoms with Gasteiger partial charge in [-0.2, -0.15) is 0 Å². The summed E-state index contributed by atoms with van der Waals surface area (Å²) in [5.41, 5.74) is -2.79. The molecular weight excluding hydrogens is 294 g/mol. The average Bonchev–Trinajstić information content (AvgIpc) is 2.44. The van der Waals surface area contributed by atoms with Crippen molar-refractivity contribution in [2.75, 3.05) is 19.8 Å². The molecule has 0 atom stereocenters. The molecule has 0 aliphatic carbocycles. The van der Waals surface area contributed by atoms with Crippen LogP contribution >= 0.6 is 11.6 Å². The second-order valence-corrected chi connectivity index (χ2v) is 4.32. The highest BCUT2D eigenvalue weighted by atomic mass is 35.5. The molecule has 20 heavy (non-hydrogen) atoms. The summed E-state index contributed by atoms with van der Waals surface area (Å²) in [7, 11) is 0. The summed E-state index contributed by atoms with van der Waals surface area (Å²) in [4.78, 5) is 25.5. The van der Waals surface area contributed by atoms with Gasteiger partial charge in [0, 0.05) is 6.20 Å². The zero-order valence-electron chi connectivity index (χ0n) is 10.1. The Morgan fingerprint density at radius 1 is 1.40 bits per heavy atom. The molecule has 1 amide bonds.